The smallest absolute Gasteiger partial charge is 0.132 e. The highest BCUT2D eigenvalue weighted by molar-refractivity contribution is 9.10. The van der Waals surface area contributed by atoms with E-state index >= 15 is 0 Å². The highest BCUT2D eigenvalue weighted by Crippen LogP contribution is 2.37. The van der Waals surface area contributed by atoms with Crippen LogP contribution in [0.25, 0.3) is 21.3 Å². The molecule has 0 aliphatic rings. The lowest BCUT2D eigenvalue weighted by atomic mass is 10.1. The first-order valence-electron chi connectivity index (χ1n) is 6.01. The Hall–Kier alpha value is -1.17. The van der Waals surface area contributed by atoms with Gasteiger partial charge in [-0.1, -0.05) is 18.2 Å². The molecule has 0 fully saturated rings. The summed E-state index contributed by atoms with van der Waals surface area (Å²) in [6.45, 7) is 0.112. The number of halogens is 1. The van der Waals surface area contributed by atoms with Gasteiger partial charge in [0.05, 0.1) is 12.3 Å². The summed E-state index contributed by atoms with van der Waals surface area (Å²) in [5.74, 6) is 0.889. The number of aliphatic hydroxyl groups excluding tert-OH is 1. The molecular formula is C14H13BrN2OS. The zero-order chi connectivity index (χ0) is 13.4. The van der Waals surface area contributed by atoms with Gasteiger partial charge in [0.25, 0.3) is 0 Å². The van der Waals surface area contributed by atoms with E-state index in [1.54, 1.807) is 11.3 Å². The summed E-state index contributed by atoms with van der Waals surface area (Å²) in [5, 5.41) is 12.5. The van der Waals surface area contributed by atoms with Crippen LogP contribution in [0.3, 0.4) is 0 Å². The van der Waals surface area contributed by atoms with E-state index in [9.17, 15) is 0 Å². The Bertz CT molecular complexity index is 732. The lowest BCUT2D eigenvalue weighted by Gasteiger charge is -2.04. The number of imidazole rings is 1. The lowest BCUT2D eigenvalue weighted by Crippen LogP contribution is -2.01. The molecule has 3 nitrogen and oxygen atoms in total. The topological polar surface area (TPSA) is 38.0 Å². The van der Waals surface area contributed by atoms with Gasteiger partial charge in [-0.3, -0.25) is 0 Å². The summed E-state index contributed by atoms with van der Waals surface area (Å²) in [5.41, 5.74) is 2.26. The first-order chi connectivity index (χ1) is 9.22. The Balaban J connectivity index is 2.21. The fourth-order valence-corrected chi connectivity index (χ4v) is 3.92. The zero-order valence-electron chi connectivity index (χ0n) is 10.4. The zero-order valence-corrected chi connectivity index (χ0v) is 12.8. The second-order valence-electron chi connectivity index (χ2n) is 4.35. The molecule has 0 aliphatic carbocycles. The third-order valence-electron chi connectivity index (χ3n) is 3.22. The van der Waals surface area contributed by atoms with Crippen LogP contribution in [0.15, 0.2) is 34.2 Å². The van der Waals surface area contributed by atoms with Gasteiger partial charge in [0, 0.05) is 34.5 Å². The van der Waals surface area contributed by atoms with Gasteiger partial charge < -0.3 is 9.67 Å². The van der Waals surface area contributed by atoms with Crippen molar-refractivity contribution in [2.75, 3.05) is 6.61 Å². The van der Waals surface area contributed by atoms with E-state index in [1.165, 1.54) is 15.6 Å². The Morgan fingerprint density at radius 3 is 2.95 bits per heavy atom. The predicted octanol–water partition coefficient (Wildman–Crippen LogP) is 3.60. The molecule has 0 saturated carbocycles. The van der Waals surface area contributed by atoms with Crippen LogP contribution in [0.1, 0.15) is 5.82 Å². The van der Waals surface area contributed by atoms with Crippen LogP contribution >= 0.6 is 27.3 Å². The van der Waals surface area contributed by atoms with E-state index in [1.807, 2.05) is 7.05 Å². The molecule has 0 spiro atoms. The summed E-state index contributed by atoms with van der Waals surface area (Å²) in [7, 11) is 1.99. The van der Waals surface area contributed by atoms with Crippen LogP contribution in [0.2, 0.25) is 0 Å². The van der Waals surface area contributed by atoms with Gasteiger partial charge in [-0.05, 0) is 22.0 Å². The van der Waals surface area contributed by atoms with Crippen LogP contribution in [0.5, 0.6) is 0 Å². The van der Waals surface area contributed by atoms with Crippen LogP contribution in [-0.2, 0) is 13.5 Å². The number of hydrogen-bond acceptors (Lipinski definition) is 3. The van der Waals surface area contributed by atoms with Crippen molar-refractivity contribution >= 4 is 37.4 Å². The van der Waals surface area contributed by atoms with Crippen LogP contribution in [0.4, 0.5) is 0 Å². The maximum absolute atomic E-state index is 9.08. The molecule has 0 atom stereocenters. The average Bonchev–Trinajstić information content (AvgIpc) is 2.93. The SMILES string of the molecule is Cn1c(CCO)nc(Br)c1-c1csc2ccccc12. The fourth-order valence-electron chi connectivity index (χ4n) is 2.29. The Morgan fingerprint density at radius 2 is 2.16 bits per heavy atom. The minimum absolute atomic E-state index is 0.112. The van der Waals surface area contributed by atoms with Crippen molar-refractivity contribution in [2.24, 2.45) is 7.05 Å². The summed E-state index contributed by atoms with van der Waals surface area (Å²) >= 11 is 5.27. The van der Waals surface area contributed by atoms with Crippen molar-refractivity contribution < 1.29 is 5.11 Å². The van der Waals surface area contributed by atoms with E-state index in [0.717, 1.165) is 16.1 Å². The molecular weight excluding hydrogens is 324 g/mol. The molecule has 0 radical (unpaired) electrons. The van der Waals surface area contributed by atoms with Crippen molar-refractivity contribution in [2.45, 2.75) is 6.42 Å². The summed E-state index contributed by atoms with van der Waals surface area (Å²) in [4.78, 5) is 4.49. The number of benzene rings is 1. The van der Waals surface area contributed by atoms with Gasteiger partial charge in [0.15, 0.2) is 0 Å². The molecule has 2 heterocycles. The van der Waals surface area contributed by atoms with Crippen molar-refractivity contribution in [3.05, 3.63) is 40.1 Å². The van der Waals surface area contributed by atoms with Gasteiger partial charge in [-0.2, -0.15) is 0 Å². The number of hydrogen-bond donors (Lipinski definition) is 1. The molecule has 3 rings (SSSR count). The first kappa shape index (κ1) is 12.8. The standard InChI is InChI=1S/C14H13BrN2OS/c1-17-12(6-7-18)16-14(15)13(17)10-8-19-11-5-3-2-4-9(10)11/h2-5,8,18H,6-7H2,1H3. The first-order valence-corrected chi connectivity index (χ1v) is 7.68. The fraction of sp³-hybridized carbons (Fsp3) is 0.214. The molecule has 0 amide bonds. The van der Waals surface area contributed by atoms with Crippen molar-refractivity contribution in [1.82, 2.24) is 9.55 Å². The van der Waals surface area contributed by atoms with Crippen molar-refractivity contribution in [3.63, 3.8) is 0 Å². The second kappa shape index (κ2) is 5.07. The normalized spacial score (nSPS) is 11.3. The summed E-state index contributed by atoms with van der Waals surface area (Å²) < 4.78 is 4.16. The molecule has 0 saturated heterocycles. The molecule has 0 unspecified atom stereocenters. The maximum atomic E-state index is 9.08. The van der Waals surface area contributed by atoms with Crippen molar-refractivity contribution in [3.8, 4) is 11.3 Å². The highest BCUT2D eigenvalue weighted by Gasteiger charge is 2.17. The maximum Gasteiger partial charge on any atom is 0.132 e. The van der Waals surface area contributed by atoms with Crippen molar-refractivity contribution in [1.29, 1.82) is 0 Å². The Labute approximate surface area is 123 Å². The van der Waals surface area contributed by atoms with E-state index in [-0.39, 0.29) is 6.61 Å². The number of rotatable bonds is 3. The number of fused-ring (bicyclic) bond motifs is 1. The van der Waals surface area contributed by atoms with Gasteiger partial charge in [-0.15, -0.1) is 11.3 Å². The van der Waals surface area contributed by atoms with E-state index in [0.29, 0.717) is 6.42 Å². The molecule has 0 aliphatic heterocycles. The molecule has 0 bridgehead atoms. The number of aromatic nitrogens is 2. The van der Waals surface area contributed by atoms with Gasteiger partial charge >= 0.3 is 0 Å². The summed E-state index contributed by atoms with van der Waals surface area (Å²) in [6.07, 6.45) is 0.567. The molecule has 2 aromatic heterocycles. The van der Waals surface area contributed by atoms with Crippen LogP contribution < -0.4 is 0 Å². The average molecular weight is 337 g/mol. The van der Waals surface area contributed by atoms with Gasteiger partial charge in [0.2, 0.25) is 0 Å². The molecule has 1 aromatic carbocycles. The molecule has 19 heavy (non-hydrogen) atoms. The van der Waals surface area contributed by atoms with E-state index in [4.69, 9.17) is 5.11 Å². The number of aliphatic hydroxyl groups is 1. The second-order valence-corrected chi connectivity index (χ2v) is 6.01. The van der Waals surface area contributed by atoms with E-state index < -0.39 is 0 Å². The minimum Gasteiger partial charge on any atom is -0.396 e. The quantitative estimate of drug-likeness (QED) is 0.793. The monoisotopic (exact) mass is 336 g/mol. The molecule has 3 aromatic rings. The highest BCUT2D eigenvalue weighted by atomic mass is 79.9. The lowest BCUT2D eigenvalue weighted by molar-refractivity contribution is 0.295. The van der Waals surface area contributed by atoms with E-state index in [2.05, 4.69) is 55.1 Å². The predicted molar refractivity (Wildman–Crippen MR) is 82.5 cm³/mol. The molecule has 98 valence electrons. The largest absolute Gasteiger partial charge is 0.396 e. The Kier molecular flexibility index (Phi) is 3.43. The minimum atomic E-state index is 0.112. The summed E-state index contributed by atoms with van der Waals surface area (Å²) in [6, 6.07) is 8.37. The number of nitrogens with zero attached hydrogens (tertiary/aromatic N) is 2. The third-order valence-corrected chi connectivity index (χ3v) is 4.73. The van der Waals surface area contributed by atoms with Gasteiger partial charge in [-0.25, -0.2) is 4.98 Å². The third kappa shape index (κ3) is 2.12. The van der Waals surface area contributed by atoms with Crippen LogP contribution in [0, 0.1) is 0 Å². The number of thiophene rings is 1. The van der Waals surface area contributed by atoms with Gasteiger partial charge in [0.1, 0.15) is 10.4 Å². The molecule has 5 heteroatoms. The van der Waals surface area contributed by atoms with Crippen LogP contribution in [-0.4, -0.2) is 21.3 Å². The molecule has 1 N–H and O–H groups in total. The Morgan fingerprint density at radius 1 is 1.37 bits per heavy atom.